The molecule has 46 valence electrons. The molecule has 7 heavy (non-hydrogen) atoms. The molecule has 0 aromatic rings. The van der Waals surface area contributed by atoms with Crippen LogP contribution in [0, 0.1) is 202 Å². The van der Waals surface area contributed by atoms with Gasteiger partial charge in [-0.25, -0.2) is 0 Å². The van der Waals surface area contributed by atoms with Crippen molar-refractivity contribution in [3.8, 4) is 0 Å². The van der Waals surface area contributed by atoms with Gasteiger partial charge in [0.25, 0.3) is 0 Å². The summed E-state index contributed by atoms with van der Waals surface area (Å²) in [5.41, 5.74) is 0. The van der Waals surface area contributed by atoms with Crippen molar-refractivity contribution in [3.05, 3.63) is 0 Å². The third kappa shape index (κ3) is 31.5. The van der Waals surface area contributed by atoms with E-state index in [9.17, 15) is 0 Å². The molecule has 0 unspecified atom stereocenters. The molecule has 0 aliphatic rings. The van der Waals surface area contributed by atoms with Crippen LogP contribution in [0.2, 0.25) is 0 Å². The molecule has 0 saturated carbocycles. The zero-order chi connectivity index (χ0) is 0. The van der Waals surface area contributed by atoms with Gasteiger partial charge in [0.2, 0.25) is 0 Å². The van der Waals surface area contributed by atoms with Crippen molar-refractivity contribution < 1.29 is 241 Å². The van der Waals surface area contributed by atoms with Crippen molar-refractivity contribution in [2.75, 3.05) is 0 Å². The Balaban J connectivity index is 0. The summed E-state index contributed by atoms with van der Waals surface area (Å²) in [4.78, 5) is 0. The molecule has 0 aromatic carbocycles. The molecule has 7 heteroatoms. The molecule has 0 heterocycles. The minimum Gasteiger partial charge on any atom is 0 e. The summed E-state index contributed by atoms with van der Waals surface area (Å²) in [5, 5.41) is 0. The predicted octanol–water partition coefficient (Wildman–Crippen LogP) is -0.00500. The van der Waals surface area contributed by atoms with Gasteiger partial charge in [-0.15, -0.1) is 0 Å². The van der Waals surface area contributed by atoms with Gasteiger partial charge in [0.15, 0.2) is 0 Å². The first-order chi connectivity index (χ1) is 0. The Labute approximate surface area is 232 Å². The molecule has 0 fully saturated rings. The molecule has 0 saturated heterocycles. The molecule has 0 bridgehead atoms. The quantitative estimate of drug-likeness (QED) is 0.301. The van der Waals surface area contributed by atoms with E-state index in [4.69, 9.17) is 0 Å². The van der Waals surface area contributed by atoms with Gasteiger partial charge in [0, 0.05) is 241 Å². The second-order valence-corrected chi connectivity index (χ2v) is 0. The molecule has 0 amide bonds. The Morgan fingerprint density at radius 2 is 0.286 bits per heavy atom. The van der Waals surface area contributed by atoms with Crippen LogP contribution in [0.5, 0.6) is 0 Å². The Morgan fingerprint density at radius 1 is 0.286 bits per heavy atom. The van der Waals surface area contributed by atoms with Crippen LogP contribution >= 0.6 is 0 Å². The van der Waals surface area contributed by atoms with Gasteiger partial charge in [-0.3, -0.25) is 0 Å². The van der Waals surface area contributed by atoms with Crippen LogP contribution in [-0.4, -0.2) is 0 Å². The van der Waals surface area contributed by atoms with Crippen LogP contribution in [0.15, 0.2) is 0 Å². The third-order valence-electron chi connectivity index (χ3n) is 0. The van der Waals surface area contributed by atoms with Crippen molar-refractivity contribution in [2.24, 2.45) is 0 Å². The van der Waals surface area contributed by atoms with Crippen molar-refractivity contribution in [3.63, 3.8) is 0 Å². The van der Waals surface area contributed by atoms with Crippen LogP contribution in [0.1, 0.15) is 0 Å². The van der Waals surface area contributed by atoms with E-state index in [-0.39, 0.29) is 241 Å². The zero-order valence-corrected chi connectivity index (χ0v) is 19.3. The number of hydrogen-bond acceptors (Lipinski definition) is 0. The first-order valence-corrected chi connectivity index (χ1v) is 0. The summed E-state index contributed by atoms with van der Waals surface area (Å²) in [5.74, 6) is 0. The number of rotatable bonds is 0. The van der Waals surface area contributed by atoms with E-state index < -0.39 is 0 Å². The molecule has 0 aromatic heterocycles. The fourth-order valence-corrected chi connectivity index (χ4v) is 0. The van der Waals surface area contributed by atoms with Crippen molar-refractivity contribution in [1.29, 1.82) is 0 Å². The fourth-order valence-electron chi connectivity index (χ4n) is 0. The SMILES string of the molecule is [Ru].[Ru].[Sm].[Sm].[Sm].[Sm].[Sm]. The smallest absolute Gasteiger partial charge is 0 e. The van der Waals surface area contributed by atoms with E-state index in [1.807, 2.05) is 0 Å². The van der Waals surface area contributed by atoms with Gasteiger partial charge in [0.05, 0.1) is 0 Å². The van der Waals surface area contributed by atoms with Crippen molar-refractivity contribution in [1.82, 2.24) is 0 Å². The largest absolute Gasteiger partial charge is 0 e. The summed E-state index contributed by atoms with van der Waals surface area (Å²) >= 11 is 0. The van der Waals surface area contributed by atoms with Crippen molar-refractivity contribution in [2.45, 2.75) is 0 Å². The topological polar surface area (TPSA) is 0 Å². The van der Waals surface area contributed by atoms with E-state index in [1.165, 1.54) is 0 Å². The molecular formula is Ru2Sm5. The molecule has 0 atom stereocenters. The molecule has 0 N–H and O–H groups in total. The third-order valence-corrected chi connectivity index (χ3v) is 0. The van der Waals surface area contributed by atoms with Gasteiger partial charge in [-0.2, -0.15) is 0 Å². The minimum absolute atomic E-state index is 0. The van der Waals surface area contributed by atoms with Gasteiger partial charge >= 0.3 is 0 Å². The molecule has 0 aliphatic heterocycles. The second kappa shape index (κ2) is 37.0. The minimum atomic E-state index is 0. The predicted molar refractivity (Wildman–Crippen MR) is 0 cm³/mol. The van der Waals surface area contributed by atoms with Crippen LogP contribution in [0.25, 0.3) is 0 Å². The average molecular weight is 954 g/mol. The second-order valence-electron chi connectivity index (χ2n) is 0. The maximum absolute atomic E-state index is 0. The summed E-state index contributed by atoms with van der Waals surface area (Å²) < 4.78 is 0. The zero-order valence-electron chi connectivity index (χ0n) is 2.75. The molecular weight excluding hydrogens is 954 g/mol. The Bertz CT molecular complexity index is 6.04. The Morgan fingerprint density at radius 3 is 0.286 bits per heavy atom. The van der Waals surface area contributed by atoms with E-state index in [0.29, 0.717) is 0 Å². The molecule has 0 nitrogen and oxygen atoms in total. The van der Waals surface area contributed by atoms with E-state index in [1.54, 1.807) is 0 Å². The van der Waals surface area contributed by atoms with E-state index in [0.717, 1.165) is 0 Å². The standard InChI is InChI=1S/2Ru.5Sm. The number of hydrogen-bond donors (Lipinski definition) is 0. The maximum atomic E-state index is 0. The first kappa shape index (κ1) is 46.1. The van der Waals surface area contributed by atoms with Crippen LogP contribution in [-0.2, 0) is 39.0 Å². The summed E-state index contributed by atoms with van der Waals surface area (Å²) in [7, 11) is 0. The monoisotopic (exact) mass is 963 g/mol. The average Bonchev–Trinajstić information content (AvgIpc) is 0. The van der Waals surface area contributed by atoms with Gasteiger partial charge in [-0.05, 0) is 0 Å². The first-order valence-electron chi connectivity index (χ1n) is 0. The maximum Gasteiger partial charge on any atom is 0 e. The fraction of sp³-hybridized carbons (Fsp3) is 0. The van der Waals surface area contributed by atoms with Gasteiger partial charge in [0.1, 0.15) is 0 Å². The van der Waals surface area contributed by atoms with Crippen molar-refractivity contribution >= 4 is 0 Å². The molecule has 0 radical (unpaired) electrons. The van der Waals surface area contributed by atoms with E-state index in [2.05, 4.69) is 0 Å². The van der Waals surface area contributed by atoms with Crippen LogP contribution < -0.4 is 0 Å². The Hall–Kier alpha value is 7.94. The molecule has 0 spiro atoms. The van der Waals surface area contributed by atoms with Crippen LogP contribution in [0.4, 0.5) is 0 Å². The molecule has 0 rings (SSSR count). The summed E-state index contributed by atoms with van der Waals surface area (Å²) in [6.07, 6.45) is 0. The van der Waals surface area contributed by atoms with Crippen LogP contribution in [0.3, 0.4) is 0 Å². The van der Waals surface area contributed by atoms with E-state index >= 15 is 0 Å². The van der Waals surface area contributed by atoms with Gasteiger partial charge < -0.3 is 0 Å². The normalized spacial score (nSPS) is 0. The Kier molecular flexibility index (Phi) is 244. The molecule has 0 aliphatic carbocycles. The summed E-state index contributed by atoms with van der Waals surface area (Å²) in [6, 6.07) is 0. The summed E-state index contributed by atoms with van der Waals surface area (Å²) in [6.45, 7) is 0. The van der Waals surface area contributed by atoms with Gasteiger partial charge in [-0.1, -0.05) is 0 Å².